The van der Waals surface area contributed by atoms with E-state index in [2.05, 4.69) is 21.2 Å². The fourth-order valence-corrected chi connectivity index (χ4v) is 4.15. The minimum absolute atomic E-state index is 0.0558. The minimum Gasteiger partial charge on any atom is -0.459 e. The van der Waals surface area contributed by atoms with Crippen molar-refractivity contribution in [2.45, 2.75) is 19.4 Å². The molecule has 0 atom stereocenters. The van der Waals surface area contributed by atoms with Crippen LogP contribution in [0.5, 0.6) is 0 Å². The molecule has 0 unspecified atom stereocenters. The molecule has 6 nitrogen and oxygen atoms in total. The van der Waals surface area contributed by atoms with Crippen molar-refractivity contribution < 1.29 is 17.6 Å². The Balaban J connectivity index is 1.52. The van der Waals surface area contributed by atoms with E-state index in [0.29, 0.717) is 38.2 Å². The van der Waals surface area contributed by atoms with E-state index in [-0.39, 0.29) is 11.8 Å². The van der Waals surface area contributed by atoms with Crippen molar-refractivity contribution in [1.29, 1.82) is 0 Å². The molecule has 1 aromatic carbocycles. The average molecular weight is 441 g/mol. The number of piperidine rings is 1. The summed E-state index contributed by atoms with van der Waals surface area (Å²) in [6, 6.07) is 11.5. The van der Waals surface area contributed by atoms with E-state index in [9.17, 15) is 13.2 Å². The van der Waals surface area contributed by atoms with E-state index >= 15 is 0 Å². The molecule has 0 spiro atoms. The molecule has 0 radical (unpaired) electrons. The van der Waals surface area contributed by atoms with Gasteiger partial charge in [0.2, 0.25) is 15.9 Å². The molecule has 2 aromatic rings. The van der Waals surface area contributed by atoms with Gasteiger partial charge in [0, 0.05) is 29.0 Å². The quantitative estimate of drug-likeness (QED) is 0.774. The molecule has 1 aliphatic heterocycles. The summed E-state index contributed by atoms with van der Waals surface area (Å²) >= 11 is 3.40. The largest absolute Gasteiger partial charge is 0.459 e. The van der Waals surface area contributed by atoms with Crippen LogP contribution in [0.1, 0.15) is 18.6 Å². The third-order valence-electron chi connectivity index (χ3n) is 4.52. The van der Waals surface area contributed by atoms with Gasteiger partial charge in [-0.05, 0) is 37.1 Å². The molecule has 0 saturated carbocycles. The van der Waals surface area contributed by atoms with Gasteiger partial charge in [-0.25, -0.2) is 12.7 Å². The van der Waals surface area contributed by atoms with Crippen molar-refractivity contribution in [3.05, 3.63) is 46.6 Å². The molecular weight excluding hydrogens is 420 g/mol. The number of hydrogen-bond donors (Lipinski definition) is 1. The number of hydrogen-bond acceptors (Lipinski definition) is 4. The van der Waals surface area contributed by atoms with Gasteiger partial charge in [0.05, 0.1) is 12.8 Å². The molecule has 140 valence electrons. The van der Waals surface area contributed by atoms with Gasteiger partial charge >= 0.3 is 0 Å². The fraction of sp³-hybridized carbons (Fsp3) is 0.389. The number of nitrogens with zero attached hydrogens (tertiary/aromatic N) is 1. The Labute approximate surface area is 161 Å². The first-order valence-corrected chi connectivity index (χ1v) is 11.0. The molecule has 1 amide bonds. The van der Waals surface area contributed by atoms with Gasteiger partial charge in [0.1, 0.15) is 11.5 Å². The highest BCUT2D eigenvalue weighted by atomic mass is 79.9. The fourth-order valence-electron chi connectivity index (χ4n) is 3.01. The Morgan fingerprint density at radius 1 is 1.19 bits per heavy atom. The van der Waals surface area contributed by atoms with Crippen LogP contribution in [0.3, 0.4) is 0 Å². The molecule has 0 aliphatic carbocycles. The minimum atomic E-state index is -3.17. The molecule has 0 bridgehead atoms. The Kier molecular flexibility index (Phi) is 5.84. The van der Waals surface area contributed by atoms with E-state index in [1.807, 2.05) is 36.4 Å². The molecule has 1 aromatic heterocycles. The number of benzene rings is 1. The second-order valence-electron chi connectivity index (χ2n) is 6.43. The summed E-state index contributed by atoms with van der Waals surface area (Å²) < 4.78 is 31.3. The zero-order valence-corrected chi connectivity index (χ0v) is 16.8. The highest BCUT2D eigenvalue weighted by molar-refractivity contribution is 9.10. The van der Waals surface area contributed by atoms with Crippen LogP contribution >= 0.6 is 15.9 Å². The monoisotopic (exact) mass is 440 g/mol. The van der Waals surface area contributed by atoms with E-state index in [1.54, 1.807) is 0 Å². The molecule has 1 saturated heterocycles. The lowest BCUT2D eigenvalue weighted by Gasteiger charge is -2.29. The summed E-state index contributed by atoms with van der Waals surface area (Å²) in [6.45, 7) is 1.11. The van der Waals surface area contributed by atoms with Crippen LogP contribution in [-0.2, 0) is 21.4 Å². The van der Waals surface area contributed by atoms with Crippen LogP contribution in [0.2, 0.25) is 0 Å². The van der Waals surface area contributed by atoms with Gasteiger partial charge in [-0.2, -0.15) is 0 Å². The zero-order valence-electron chi connectivity index (χ0n) is 14.4. The second-order valence-corrected chi connectivity index (χ2v) is 9.33. The lowest BCUT2D eigenvalue weighted by Crippen LogP contribution is -2.42. The number of furan rings is 1. The van der Waals surface area contributed by atoms with Gasteiger partial charge in [-0.3, -0.25) is 4.79 Å². The number of carbonyl (C=O) groups is 1. The summed E-state index contributed by atoms with van der Waals surface area (Å²) in [5.74, 6) is 1.22. The molecule has 3 rings (SSSR count). The smallest absolute Gasteiger partial charge is 0.223 e. The van der Waals surface area contributed by atoms with Crippen LogP contribution in [0.4, 0.5) is 0 Å². The van der Waals surface area contributed by atoms with E-state index in [0.717, 1.165) is 15.8 Å². The maximum atomic E-state index is 12.3. The molecule has 1 aliphatic rings. The van der Waals surface area contributed by atoms with Crippen LogP contribution in [0.25, 0.3) is 11.3 Å². The Hall–Kier alpha value is -1.64. The molecule has 8 heteroatoms. The third-order valence-corrected chi connectivity index (χ3v) is 6.35. The molecule has 2 heterocycles. The number of nitrogens with one attached hydrogen (secondary N) is 1. The first kappa shape index (κ1) is 19.1. The highest BCUT2D eigenvalue weighted by Gasteiger charge is 2.28. The number of carbonyl (C=O) groups excluding carboxylic acids is 1. The van der Waals surface area contributed by atoms with Gasteiger partial charge < -0.3 is 9.73 Å². The summed E-state index contributed by atoms with van der Waals surface area (Å²) in [5.41, 5.74) is 0.971. The van der Waals surface area contributed by atoms with Crippen LogP contribution in [0, 0.1) is 5.92 Å². The topological polar surface area (TPSA) is 79.6 Å². The zero-order chi connectivity index (χ0) is 18.7. The van der Waals surface area contributed by atoms with Crippen molar-refractivity contribution in [3.8, 4) is 11.3 Å². The van der Waals surface area contributed by atoms with Crippen molar-refractivity contribution in [1.82, 2.24) is 9.62 Å². The number of amides is 1. The maximum Gasteiger partial charge on any atom is 0.223 e. The average Bonchev–Trinajstić information content (AvgIpc) is 3.08. The Morgan fingerprint density at radius 2 is 1.85 bits per heavy atom. The summed E-state index contributed by atoms with van der Waals surface area (Å²) in [5, 5.41) is 2.89. The predicted octanol–water partition coefficient (Wildman–Crippen LogP) is 3.00. The lowest BCUT2D eigenvalue weighted by atomic mass is 9.97. The second kappa shape index (κ2) is 7.94. The van der Waals surface area contributed by atoms with Gasteiger partial charge in [0.25, 0.3) is 0 Å². The van der Waals surface area contributed by atoms with E-state index in [4.69, 9.17) is 4.42 Å². The molecule has 26 heavy (non-hydrogen) atoms. The maximum absolute atomic E-state index is 12.3. The Bertz CT molecular complexity index is 869. The van der Waals surface area contributed by atoms with Gasteiger partial charge in [-0.1, -0.05) is 28.1 Å². The van der Waals surface area contributed by atoms with E-state index in [1.165, 1.54) is 10.6 Å². The number of halogens is 1. The summed E-state index contributed by atoms with van der Waals surface area (Å²) in [7, 11) is -3.17. The molecular formula is C18H21BrN2O4S. The molecule has 1 fully saturated rings. The first-order chi connectivity index (χ1) is 12.3. The van der Waals surface area contributed by atoms with Crippen LogP contribution < -0.4 is 5.32 Å². The van der Waals surface area contributed by atoms with Crippen molar-refractivity contribution in [3.63, 3.8) is 0 Å². The Morgan fingerprint density at radius 3 is 2.46 bits per heavy atom. The standard InChI is InChI=1S/C18H21BrN2O4S/c1-26(23,24)21-10-8-14(9-11-21)18(22)20-12-16-6-7-17(25-16)13-2-4-15(19)5-3-13/h2-7,14H,8-12H2,1H3,(H,20,22). The van der Waals surface area contributed by atoms with Crippen LogP contribution in [-0.4, -0.2) is 38.0 Å². The number of sulfonamides is 1. The lowest BCUT2D eigenvalue weighted by molar-refractivity contribution is -0.126. The van der Waals surface area contributed by atoms with Crippen LogP contribution in [0.15, 0.2) is 45.3 Å². The SMILES string of the molecule is CS(=O)(=O)N1CCC(C(=O)NCc2ccc(-c3ccc(Br)cc3)o2)CC1. The normalized spacial score (nSPS) is 16.5. The van der Waals surface area contributed by atoms with Crippen molar-refractivity contribution >= 4 is 31.9 Å². The third kappa shape index (κ3) is 4.75. The van der Waals surface area contributed by atoms with Gasteiger partial charge in [0.15, 0.2) is 0 Å². The summed E-state index contributed by atoms with van der Waals surface area (Å²) in [6.07, 6.45) is 2.29. The van der Waals surface area contributed by atoms with Crippen molar-refractivity contribution in [2.75, 3.05) is 19.3 Å². The highest BCUT2D eigenvalue weighted by Crippen LogP contribution is 2.24. The number of rotatable bonds is 5. The summed E-state index contributed by atoms with van der Waals surface area (Å²) in [4.78, 5) is 12.3. The van der Waals surface area contributed by atoms with E-state index < -0.39 is 10.0 Å². The van der Waals surface area contributed by atoms with Gasteiger partial charge in [-0.15, -0.1) is 0 Å². The molecule has 1 N–H and O–H groups in total. The first-order valence-electron chi connectivity index (χ1n) is 8.40. The predicted molar refractivity (Wildman–Crippen MR) is 103 cm³/mol. The van der Waals surface area contributed by atoms with Crippen molar-refractivity contribution in [2.24, 2.45) is 5.92 Å².